The van der Waals surface area contributed by atoms with Crippen molar-refractivity contribution in [1.29, 1.82) is 0 Å². The van der Waals surface area contributed by atoms with Gasteiger partial charge in [-0.15, -0.1) is 0 Å². The zero-order chi connectivity index (χ0) is 19.3. The Morgan fingerprint density at radius 2 is 1.59 bits per heavy atom. The third-order valence-corrected chi connectivity index (χ3v) is 6.13. The number of hydrogen-bond acceptors (Lipinski definition) is 3. The van der Waals surface area contributed by atoms with Gasteiger partial charge >= 0.3 is 0 Å². The van der Waals surface area contributed by atoms with Crippen LogP contribution in [0.15, 0.2) is 53.4 Å². The van der Waals surface area contributed by atoms with Crippen LogP contribution in [0.4, 0.5) is 0 Å². The third-order valence-electron chi connectivity index (χ3n) is 5.20. The van der Waals surface area contributed by atoms with Gasteiger partial charge in [0.25, 0.3) is 5.91 Å². The summed E-state index contributed by atoms with van der Waals surface area (Å²) in [4.78, 5) is 12.4. The van der Waals surface area contributed by atoms with E-state index in [1.807, 2.05) is 12.1 Å². The molecule has 0 bridgehead atoms. The molecular formula is C21H26N2O3S. The molecule has 2 aromatic rings. The zero-order valence-electron chi connectivity index (χ0n) is 15.4. The molecule has 0 unspecified atom stereocenters. The highest BCUT2D eigenvalue weighted by molar-refractivity contribution is 7.89. The van der Waals surface area contributed by atoms with Gasteiger partial charge in [0.1, 0.15) is 0 Å². The Hall–Kier alpha value is -2.18. The Kier molecular flexibility index (Phi) is 6.29. The van der Waals surface area contributed by atoms with Gasteiger partial charge in [0, 0.05) is 12.1 Å². The van der Waals surface area contributed by atoms with E-state index in [-0.39, 0.29) is 10.8 Å². The molecule has 0 heterocycles. The molecular weight excluding hydrogens is 360 g/mol. The van der Waals surface area contributed by atoms with Crippen molar-refractivity contribution in [3.8, 4) is 0 Å². The number of hydrogen-bond donors (Lipinski definition) is 2. The van der Waals surface area contributed by atoms with Crippen LogP contribution < -0.4 is 10.5 Å². The molecule has 3 rings (SSSR count). The highest BCUT2D eigenvalue weighted by Crippen LogP contribution is 2.32. The summed E-state index contributed by atoms with van der Waals surface area (Å²) < 4.78 is 22.5. The Morgan fingerprint density at radius 1 is 0.963 bits per heavy atom. The fourth-order valence-electron chi connectivity index (χ4n) is 3.61. The number of carbonyl (C=O) groups is 1. The Balaban J connectivity index is 1.50. The number of primary sulfonamides is 1. The zero-order valence-corrected chi connectivity index (χ0v) is 16.2. The predicted octanol–water partition coefficient (Wildman–Crippen LogP) is 3.35. The normalized spacial score (nSPS) is 15.4. The molecule has 3 N–H and O–H groups in total. The van der Waals surface area contributed by atoms with Crippen LogP contribution in [-0.4, -0.2) is 20.9 Å². The molecule has 2 aromatic carbocycles. The van der Waals surface area contributed by atoms with Gasteiger partial charge in [0.2, 0.25) is 10.0 Å². The topological polar surface area (TPSA) is 89.3 Å². The smallest absolute Gasteiger partial charge is 0.251 e. The van der Waals surface area contributed by atoms with Crippen LogP contribution >= 0.6 is 0 Å². The molecule has 6 heteroatoms. The summed E-state index contributed by atoms with van der Waals surface area (Å²) in [5, 5.41) is 7.99. The van der Waals surface area contributed by atoms with Gasteiger partial charge in [0.15, 0.2) is 0 Å². The number of nitrogens with two attached hydrogens (primary N) is 1. The summed E-state index contributed by atoms with van der Waals surface area (Å²) in [6.45, 7) is 0.484. The fourth-order valence-corrected chi connectivity index (χ4v) is 4.13. The van der Waals surface area contributed by atoms with E-state index >= 15 is 0 Å². The maximum Gasteiger partial charge on any atom is 0.251 e. The van der Waals surface area contributed by atoms with Crippen molar-refractivity contribution >= 4 is 15.9 Å². The van der Waals surface area contributed by atoms with Crippen LogP contribution in [-0.2, 0) is 16.4 Å². The fraction of sp³-hybridized carbons (Fsp3) is 0.381. The van der Waals surface area contributed by atoms with Crippen LogP contribution in [0.5, 0.6) is 0 Å². The Bertz CT molecular complexity index is 869. The molecule has 1 aliphatic rings. The van der Waals surface area contributed by atoms with E-state index in [1.54, 1.807) is 12.1 Å². The minimum absolute atomic E-state index is 0.0911. The van der Waals surface area contributed by atoms with E-state index in [1.165, 1.54) is 49.8 Å². The van der Waals surface area contributed by atoms with Crippen molar-refractivity contribution in [2.45, 2.75) is 49.3 Å². The van der Waals surface area contributed by atoms with Crippen LogP contribution in [0.2, 0.25) is 0 Å². The van der Waals surface area contributed by atoms with Crippen molar-refractivity contribution in [2.75, 3.05) is 6.54 Å². The lowest BCUT2D eigenvalue weighted by molar-refractivity contribution is 0.0954. The van der Waals surface area contributed by atoms with Gasteiger partial charge in [0.05, 0.1) is 4.90 Å². The highest BCUT2D eigenvalue weighted by Gasteiger charge is 2.16. The van der Waals surface area contributed by atoms with E-state index in [9.17, 15) is 13.2 Å². The lowest BCUT2D eigenvalue weighted by atomic mass is 9.84. The molecule has 144 valence electrons. The second kappa shape index (κ2) is 8.67. The van der Waals surface area contributed by atoms with Crippen LogP contribution in [0.3, 0.4) is 0 Å². The minimum atomic E-state index is -3.67. The third kappa shape index (κ3) is 5.40. The summed E-state index contributed by atoms with van der Waals surface area (Å²) in [6, 6.07) is 14.4. The summed E-state index contributed by atoms with van der Waals surface area (Å²) in [6.07, 6.45) is 7.04. The molecule has 1 aliphatic carbocycles. The van der Waals surface area contributed by atoms with Crippen LogP contribution in [0.25, 0.3) is 0 Å². The number of carbonyl (C=O) groups excluding carboxylic acids is 1. The first kappa shape index (κ1) is 19.6. The molecule has 1 saturated carbocycles. The largest absolute Gasteiger partial charge is 0.352 e. The molecule has 27 heavy (non-hydrogen) atoms. The summed E-state index contributed by atoms with van der Waals surface area (Å²) in [5.74, 6) is 0.544. The Morgan fingerprint density at radius 3 is 2.19 bits per heavy atom. The molecule has 0 saturated heterocycles. The second-order valence-electron chi connectivity index (χ2n) is 7.15. The van der Waals surface area contributed by atoms with Crippen LogP contribution in [0.1, 0.15) is 59.5 Å². The van der Waals surface area contributed by atoms with Crippen molar-refractivity contribution in [3.63, 3.8) is 0 Å². The molecule has 0 radical (unpaired) electrons. The van der Waals surface area contributed by atoms with Gasteiger partial charge in [-0.2, -0.15) is 0 Å². The molecule has 0 aliphatic heterocycles. The van der Waals surface area contributed by atoms with E-state index in [4.69, 9.17) is 5.14 Å². The average molecular weight is 387 g/mol. The maximum absolute atomic E-state index is 12.3. The molecule has 0 spiro atoms. The maximum atomic E-state index is 12.3. The van der Waals surface area contributed by atoms with E-state index < -0.39 is 10.0 Å². The summed E-state index contributed by atoms with van der Waals surface area (Å²) >= 11 is 0. The molecule has 1 fully saturated rings. The quantitative estimate of drug-likeness (QED) is 0.798. The Labute approximate surface area is 161 Å². The first-order chi connectivity index (χ1) is 12.9. The lowest BCUT2D eigenvalue weighted by Crippen LogP contribution is -2.25. The standard InChI is InChI=1S/C21H26N2O3S/c22-27(25,26)20-12-6-16(7-13-20)14-15-23-21(24)19-10-8-18(9-11-19)17-4-2-1-3-5-17/h6-13,17H,1-5,14-15H2,(H,23,24)(H2,22,25,26). The van der Waals surface area contributed by atoms with Crippen molar-refractivity contribution in [3.05, 3.63) is 65.2 Å². The van der Waals surface area contributed by atoms with Gasteiger partial charge < -0.3 is 5.32 Å². The number of sulfonamides is 1. The van der Waals surface area contributed by atoms with E-state index in [0.717, 1.165) is 5.56 Å². The second-order valence-corrected chi connectivity index (χ2v) is 8.71. The molecule has 1 amide bonds. The average Bonchev–Trinajstić information content (AvgIpc) is 2.68. The van der Waals surface area contributed by atoms with Crippen molar-refractivity contribution in [2.24, 2.45) is 5.14 Å². The number of rotatable bonds is 6. The van der Waals surface area contributed by atoms with Crippen molar-refractivity contribution in [1.82, 2.24) is 5.32 Å². The summed E-state index contributed by atoms with van der Waals surface area (Å²) in [7, 11) is -3.67. The molecule has 5 nitrogen and oxygen atoms in total. The number of benzene rings is 2. The van der Waals surface area contributed by atoms with Gasteiger partial charge in [-0.05, 0) is 60.6 Å². The van der Waals surface area contributed by atoms with Crippen molar-refractivity contribution < 1.29 is 13.2 Å². The first-order valence-electron chi connectivity index (χ1n) is 9.43. The van der Waals surface area contributed by atoms with E-state index in [0.29, 0.717) is 24.4 Å². The monoisotopic (exact) mass is 386 g/mol. The van der Waals surface area contributed by atoms with Crippen LogP contribution in [0, 0.1) is 0 Å². The summed E-state index contributed by atoms with van der Waals surface area (Å²) in [5.41, 5.74) is 2.94. The number of amides is 1. The van der Waals surface area contributed by atoms with E-state index in [2.05, 4.69) is 17.4 Å². The number of nitrogens with one attached hydrogen (secondary N) is 1. The molecule has 0 aromatic heterocycles. The minimum Gasteiger partial charge on any atom is -0.352 e. The van der Waals surface area contributed by atoms with Gasteiger partial charge in [-0.25, -0.2) is 13.6 Å². The predicted molar refractivity (Wildman–Crippen MR) is 106 cm³/mol. The highest BCUT2D eigenvalue weighted by atomic mass is 32.2. The van der Waals surface area contributed by atoms with Gasteiger partial charge in [-0.1, -0.05) is 43.5 Å². The first-order valence-corrected chi connectivity index (χ1v) is 11.0. The SMILES string of the molecule is NS(=O)(=O)c1ccc(CCNC(=O)c2ccc(C3CCCCC3)cc2)cc1. The van der Waals surface area contributed by atoms with Gasteiger partial charge in [-0.3, -0.25) is 4.79 Å². The molecule has 0 atom stereocenters. The lowest BCUT2D eigenvalue weighted by Gasteiger charge is -2.22.